The van der Waals surface area contributed by atoms with Gasteiger partial charge >= 0.3 is 0 Å². The second kappa shape index (κ2) is 3.05. The van der Waals surface area contributed by atoms with Gasteiger partial charge in [-0.05, 0) is 0 Å². The number of hydrogen-bond acceptors (Lipinski definition) is 4. The summed E-state index contributed by atoms with van der Waals surface area (Å²) in [6, 6.07) is 0. The molecule has 5 heteroatoms. The molecule has 0 saturated heterocycles. The van der Waals surface area contributed by atoms with Crippen LogP contribution in [0.3, 0.4) is 0 Å². The van der Waals surface area contributed by atoms with Crippen molar-refractivity contribution in [3.8, 4) is 5.75 Å². The molecule has 0 aromatic carbocycles. The van der Waals surface area contributed by atoms with E-state index in [1.165, 1.54) is 20.4 Å². The SMILES string of the molecule is CNC(=O)c1nocc1OC. The van der Waals surface area contributed by atoms with Gasteiger partial charge in [0.25, 0.3) is 5.91 Å². The van der Waals surface area contributed by atoms with Gasteiger partial charge in [-0.25, -0.2) is 0 Å². The molecular weight excluding hydrogens is 148 g/mol. The maximum Gasteiger partial charge on any atom is 0.277 e. The summed E-state index contributed by atoms with van der Waals surface area (Å²) >= 11 is 0. The van der Waals surface area contributed by atoms with Crippen LogP contribution in [-0.4, -0.2) is 25.2 Å². The van der Waals surface area contributed by atoms with E-state index < -0.39 is 0 Å². The van der Waals surface area contributed by atoms with Gasteiger partial charge in [0.2, 0.25) is 5.69 Å². The van der Waals surface area contributed by atoms with E-state index >= 15 is 0 Å². The third-order valence-corrected chi connectivity index (χ3v) is 1.20. The molecule has 1 heterocycles. The third-order valence-electron chi connectivity index (χ3n) is 1.20. The molecule has 0 saturated carbocycles. The first kappa shape index (κ1) is 7.59. The molecule has 0 aliphatic carbocycles. The third kappa shape index (κ3) is 1.31. The van der Waals surface area contributed by atoms with E-state index in [0.29, 0.717) is 5.75 Å². The van der Waals surface area contributed by atoms with Gasteiger partial charge in [0.1, 0.15) is 0 Å². The molecule has 0 radical (unpaired) electrons. The summed E-state index contributed by atoms with van der Waals surface area (Å²) in [5.41, 5.74) is 0.162. The molecular formula is C6H8N2O3. The fraction of sp³-hybridized carbons (Fsp3) is 0.333. The van der Waals surface area contributed by atoms with Gasteiger partial charge < -0.3 is 14.6 Å². The van der Waals surface area contributed by atoms with Crippen LogP contribution in [0.25, 0.3) is 0 Å². The summed E-state index contributed by atoms with van der Waals surface area (Å²) < 4.78 is 9.31. The molecule has 0 aliphatic rings. The number of ether oxygens (including phenoxy) is 1. The van der Waals surface area contributed by atoms with Crippen molar-refractivity contribution < 1.29 is 14.1 Å². The summed E-state index contributed by atoms with van der Waals surface area (Å²) in [5, 5.41) is 5.85. The Morgan fingerprint density at radius 1 is 1.82 bits per heavy atom. The minimum atomic E-state index is -0.324. The first-order valence-corrected chi connectivity index (χ1v) is 3.00. The minimum Gasteiger partial charge on any atom is -0.491 e. The molecule has 0 aliphatic heterocycles. The van der Waals surface area contributed by atoms with Crippen molar-refractivity contribution in [3.63, 3.8) is 0 Å². The number of methoxy groups -OCH3 is 1. The summed E-state index contributed by atoms with van der Waals surface area (Å²) in [7, 11) is 2.95. The maximum atomic E-state index is 10.9. The standard InChI is InChI=1S/C6H8N2O3/c1-7-6(9)5-4(10-2)3-11-8-5/h3H,1-2H3,(H,7,9). The Balaban J connectivity index is 2.92. The first-order chi connectivity index (χ1) is 5.29. The van der Waals surface area contributed by atoms with Crippen molar-refractivity contribution in [2.24, 2.45) is 0 Å². The number of nitrogens with one attached hydrogen (secondary N) is 1. The molecule has 1 amide bonds. The van der Waals surface area contributed by atoms with Crippen molar-refractivity contribution in [1.29, 1.82) is 0 Å². The smallest absolute Gasteiger partial charge is 0.277 e. The number of aromatic nitrogens is 1. The van der Waals surface area contributed by atoms with E-state index in [0.717, 1.165) is 0 Å². The lowest BCUT2D eigenvalue weighted by molar-refractivity contribution is 0.0951. The topological polar surface area (TPSA) is 64.4 Å². The fourth-order valence-electron chi connectivity index (χ4n) is 0.644. The van der Waals surface area contributed by atoms with Crippen LogP contribution in [0.2, 0.25) is 0 Å². The van der Waals surface area contributed by atoms with Crippen molar-refractivity contribution in [1.82, 2.24) is 10.5 Å². The summed E-state index contributed by atoms with van der Waals surface area (Å²) in [6.45, 7) is 0. The second-order valence-electron chi connectivity index (χ2n) is 1.81. The van der Waals surface area contributed by atoms with E-state index in [9.17, 15) is 4.79 Å². The molecule has 1 N–H and O–H groups in total. The molecule has 0 spiro atoms. The molecule has 1 aromatic heterocycles. The van der Waals surface area contributed by atoms with Crippen molar-refractivity contribution in [2.75, 3.05) is 14.2 Å². The second-order valence-corrected chi connectivity index (χ2v) is 1.81. The Morgan fingerprint density at radius 2 is 2.55 bits per heavy atom. The zero-order valence-electron chi connectivity index (χ0n) is 6.25. The van der Waals surface area contributed by atoms with E-state index in [1.54, 1.807) is 0 Å². The number of carbonyl (C=O) groups excluding carboxylic acids is 1. The normalized spacial score (nSPS) is 9.27. The van der Waals surface area contributed by atoms with Gasteiger partial charge in [0, 0.05) is 7.05 Å². The lowest BCUT2D eigenvalue weighted by Crippen LogP contribution is -2.18. The van der Waals surface area contributed by atoms with Crippen LogP contribution >= 0.6 is 0 Å². The highest BCUT2D eigenvalue weighted by atomic mass is 16.5. The predicted molar refractivity (Wildman–Crippen MR) is 36.4 cm³/mol. The van der Waals surface area contributed by atoms with E-state index in [-0.39, 0.29) is 11.6 Å². The fourth-order valence-corrected chi connectivity index (χ4v) is 0.644. The molecule has 60 valence electrons. The van der Waals surface area contributed by atoms with Crippen molar-refractivity contribution in [3.05, 3.63) is 12.0 Å². The van der Waals surface area contributed by atoms with Crippen molar-refractivity contribution in [2.45, 2.75) is 0 Å². The number of carbonyl (C=O) groups is 1. The Morgan fingerprint density at radius 3 is 3.09 bits per heavy atom. The molecule has 1 aromatic rings. The molecule has 0 bridgehead atoms. The molecule has 1 rings (SSSR count). The Bertz CT molecular complexity index is 256. The maximum absolute atomic E-state index is 10.9. The summed E-state index contributed by atoms with van der Waals surface area (Å²) in [6.07, 6.45) is 1.27. The van der Waals surface area contributed by atoms with Gasteiger partial charge in [0.05, 0.1) is 7.11 Å². The van der Waals surface area contributed by atoms with Crippen molar-refractivity contribution >= 4 is 5.91 Å². The predicted octanol–water partition coefficient (Wildman–Crippen LogP) is 0.0428. The Labute approximate surface area is 63.3 Å². The number of nitrogens with zero attached hydrogens (tertiary/aromatic N) is 1. The van der Waals surface area contributed by atoms with Crippen LogP contribution in [-0.2, 0) is 0 Å². The molecule has 5 nitrogen and oxygen atoms in total. The number of hydrogen-bond donors (Lipinski definition) is 1. The largest absolute Gasteiger partial charge is 0.491 e. The quantitative estimate of drug-likeness (QED) is 0.656. The van der Waals surface area contributed by atoms with Gasteiger partial charge in [-0.2, -0.15) is 0 Å². The zero-order chi connectivity index (χ0) is 8.27. The van der Waals surface area contributed by atoms with Gasteiger partial charge in [0.15, 0.2) is 12.0 Å². The van der Waals surface area contributed by atoms with Crippen LogP contribution < -0.4 is 10.1 Å². The van der Waals surface area contributed by atoms with Crippen LogP contribution in [0.4, 0.5) is 0 Å². The van der Waals surface area contributed by atoms with Crippen LogP contribution in [0.1, 0.15) is 10.5 Å². The average molecular weight is 156 g/mol. The highest BCUT2D eigenvalue weighted by molar-refractivity contribution is 5.94. The Kier molecular flexibility index (Phi) is 2.10. The lowest BCUT2D eigenvalue weighted by atomic mass is 10.4. The minimum absolute atomic E-state index is 0.162. The molecule has 11 heavy (non-hydrogen) atoms. The lowest BCUT2D eigenvalue weighted by Gasteiger charge is -1.95. The highest BCUT2D eigenvalue weighted by Gasteiger charge is 2.14. The van der Waals surface area contributed by atoms with Gasteiger partial charge in [-0.1, -0.05) is 5.16 Å². The van der Waals surface area contributed by atoms with Gasteiger partial charge in [-0.15, -0.1) is 0 Å². The highest BCUT2D eigenvalue weighted by Crippen LogP contribution is 2.14. The van der Waals surface area contributed by atoms with E-state index in [4.69, 9.17) is 4.74 Å². The van der Waals surface area contributed by atoms with Crippen LogP contribution in [0.5, 0.6) is 5.75 Å². The van der Waals surface area contributed by atoms with E-state index in [2.05, 4.69) is 15.0 Å². The zero-order valence-corrected chi connectivity index (χ0v) is 6.25. The molecule has 0 atom stereocenters. The van der Waals surface area contributed by atoms with Gasteiger partial charge in [-0.3, -0.25) is 4.79 Å². The van der Waals surface area contributed by atoms with Crippen LogP contribution in [0.15, 0.2) is 10.8 Å². The van der Waals surface area contributed by atoms with E-state index in [1.807, 2.05) is 0 Å². The number of amides is 1. The summed E-state index contributed by atoms with van der Waals surface area (Å²) in [5.74, 6) is 0.0138. The first-order valence-electron chi connectivity index (χ1n) is 3.00. The molecule has 0 unspecified atom stereocenters. The van der Waals surface area contributed by atoms with Crippen LogP contribution in [0, 0.1) is 0 Å². The molecule has 0 fully saturated rings. The average Bonchev–Trinajstić information content (AvgIpc) is 2.50. The monoisotopic (exact) mass is 156 g/mol. The summed E-state index contributed by atoms with van der Waals surface area (Å²) in [4.78, 5) is 10.9. The number of rotatable bonds is 2. The Hall–Kier alpha value is -1.52.